The van der Waals surface area contributed by atoms with Crippen molar-refractivity contribution in [2.24, 2.45) is 5.92 Å². The Kier molecular flexibility index (Phi) is 2.65. The zero-order valence-electron chi connectivity index (χ0n) is 7.82. The fourth-order valence-corrected chi connectivity index (χ4v) is 2.27. The lowest BCUT2D eigenvalue weighted by atomic mass is 9.97. The lowest BCUT2D eigenvalue weighted by molar-refractivity contribution is 0.229. The summed E-state index contributed by atoms with van der Waals surface area (Å²) in [7, 11) is 0. The summed E-state index contributed by atoms with van der Waals surface area (Å²) in [4.78, 5) is 0. The second-order valence-electron chi connectivity index (χ2n) is 3.97. The van der Waals surface area contributed by atoms with E-state index in [9.17, 15) is 0 Å². The topological polar surface area (TPSA) is 20.2 Å². The van der Waals surface area contributed by atoms with Crippen LogP contribution in [0.25, 0.3) is 0 Å². The molecule has 1 aliphatic carbocycles. The zero-order chi connectivity index (χ0) is 9.10. The van der Waals surface area contributed by atoms with Crippen LogP contribution in [0.3, 0.4) is 0 Å². The van der Waals surface area contributed by atoms with Crippen molar-refractivity contribution in [1.82, 2.24) is 0 Å². The molecule has 0 saturated heterocycles. The van der Waals surface area contributed by atoms with Crippen LogP contribution in [0.2, 0.25) is 0 Å². The van der Waals surface area contributed by atoms with Gasteiger partial charge in [0.2, 0.25) is 0 Å². The van der Waals surface area contributed by atoms with E-state index in [-0.39, 0.29) is 0 Å². The highest BCUT2D eigenvalue weighted by molar-refractivity contribution is 5.20. The molecule has 1 saturated carbocycles. The standard InChI is InChI=1S/C12H16O/c13-9-10-6-7-12(8-10)11-4-2-1-3-5-11/h1-5,10,12-13H,6-9H2/t10-,12+/m1/s1. The van der Waals surface area contributed by atoms with Crippen molar-refractivity contribution < 1.29 is 5.11 Å². The molecule has 1 heteroatoms. The van der Waals surface area contributed by atoms with Gasteiger partial charge in [0.1, 0.15) is 0 Å². The van der Waals surface area contributed by atoms with Gasteiger partial charge in [-0.3, -0.25) is 0 Å². The first-order chi connectivity index (χ1) is 6.40. The third kappa shape index (κ3) is 1.92. The van der Waals surface area contributed by atoms with Crippen LogP contribution in [-0.2, 0) is 0 Å². The number of rotatable bonds is 2. The quantitative estimate of drug-likeness (QED) is 0.734. The van der Waals surface area contributed by atoms with E-state index in [0.29, 0.717) is 18.4 Å². The molecule has 0 amide bonds. The normalized spacial score (nSPS) is 27.8. The average Bonchev–Trinajstić information content (AvgIpc) is 2.67. The molecule has 1 aromatic rings. The Balaban J connectivity index is 2.04. The molecule has 2 rings (SSSR count). The molecular formula is C12H16O. The molecule has 0 spiro atoms. The summed E-state index contributed by atoms with van der Waals surface area (Å²) in [6, 6.07) is 10.7. The Morgan fingerprint density at radius 3 is 2.54 bits per heavy atom. The maximum absolute atomic E-state index is 9.03. The number of aliphatic hydroxyl groups is 1. The molecule has 0 heterocycles. The minimum Gasteiger partial charge on any atom is -0.396 e. The van der Waals surface area contributed by atoms with E-state index in [1.165, 1.54) is 24.8 Å². The molecular weight excluding hydrogens is 160 g/mol. The summed E-state index contributed by atoms with van der Waals surface area (Å²) in [5.41, 5.74) is 1.44. The van der Waals surface area contributed by atoms with E-state index in [1.807, 2.05) is 0 Å². The first kappa shape index (κ1) is 8.76. The van der Waals surface area contributed by atoms with Gasteiger partial charge in [-0.05, 0) is 36.7 Å². The fourth-order valence-electron chi connectivity index (χ4n) is 2.27. The van der Waals surface area contributed by atoms with E-state index in [1.54, 1.807) is 0 Å². The van der Waals surface area contributed by atoms with Crippen molar-refractivity contribution in [2.75, 3.05) is 6.61 Å². The first-order valence-corrected chi connectivity index (χ1v) is 5.06. The summed E-state index contributed by atoms with van der Waals surface area (Å²) in [5.74, 6) is 1.24. The van der Waals surface area contributed by atoms with E-state index < -0.39 is 0 Å². The van der Waals surface area contributed by atoms with Gasteiger partial charge in [-0.1, -0.05) is 30.3 Å². The van der Waals surface area contributed by atoms with Gasteiger partial charge >= 0.3 is 0 Å². The second kappa shape index (κ2) is 3.93. The summed E-state index contributed by atoms with van der Waals surface area (Å²) in [5, 5.41) is 9.03. The smallest absolute Gasteiger partial charge is 0.0459 e. The highest BCUT2D eigenvalue weighted by atomic mass is 16.3. The molecule has 1 aromatic carbocycles. The highest BCUT2D eigenvalue weighted by Gasteiger charge is 2.24. The van der Waals surface area contributed by atoms with Gasteiger partial charge in [0.25, 0.3) is 0 Å². The third-order valence-corrected chi connectivity index (χ3v) is 3.07. The van der Waals surface area contributed by atoms with Crippen LogP contribution in [0.5, 0.6) is 0 Å². The maximum atomic E-state index is 9.03. The predicted molar refractivity (Wildman–Crippen MR) is 53.6 cm³/mol. The van der Waals surface area contributed by atoms with Gasteiger partial charge in [-0.15, -0.1) is 0 Å². The average molecular weight is 176 g/mol. The van der Waals surface area contributed by atoms with Gasteiger partial charge in [0, 0.05) is 6.61 Å². The molecule has 0 bridgehead atoms. The SMILES string of the molecule is OC[C@@H]1CC[C@H](c2ccccc2)C1. The van der Waals surface area contributed by atoms with Crippen molar-refractivity contribution in [3.8, 4) is 0 Å². The summed E-state index contributed by atoms with van der Waals surface area (Å²) in [6.45, 7) is 0.364. The predicted octanol–water partition coefficient (Wildman–Crippen LogP) is 2.56. The van der Waals surface area contributed by atoms with E-state index in [4.69, 9.17) is 5.11 Å². The summed E-state index contributed by atoms with van der Waals surface area (Å²) < 4.78 is 0. The maximum Gasteiger partial charge on any atom is 0.0459 e. The van der Waals surface area contributed by atoms with Gasteiger partial charge in [0.05, 0.1) is 0 Å². The lowest BCUT2D eigenvalue weighted by Gasteiger charge is -2.09. The number of hydrogen-bond acceptors (Lipinski definition) is 1. The van der Waals surface area contributed by atoms with Crippen molar-refractivity contribution in [1.29, 1.82) is 0 Å². The van der Waals surface area contributed by atoms with Crippen molar-refractivity contribution in [3.63, 3.8) is 0 Å². The highest BCUT2D eigenvalue weighted by Crippen LogP contribution is 2.37. The molecule has 1 nitrogen and oxygen atoms in total. The Labute approximate surface area is 79.4 Å². The van der Waals surface area contributed by atoms with E-state index in [2.05, 4.69) is 30.3 Å². The van der Waals surface area contributed by atoms with Crippen LogP contribution in [0, 0.1) is 5.92 Å². The minimum absolute atomic E-state index is 0.364. The van der Waals surface area contributed by atoms with Gasteiger partial charge < -0.3 is 5.11 Å². The largest absolute Gasteiger partial charge is 0.396 e. The monoisotopic (exact) mass is 176 g/mol. The molecule has 1 N–H and O–H groups in total. The Bertz CT molecular complexity index is 255. The van der Waals surface area contributed by atoms with Crippen LogP contribution < -0.4 is 0 Å². The third-order valence-electron chi connectivity index (χ3n) is 3.07. The Hall–Kier alpha value is -0.820. The molecule has 0 unspecified atom stereocenters. The molecule has 1 fully saturated rings. The van der Waals surface area contributed by atoms with Crippen molar-refractivity contribution >= 4 is 0 Å². The second-order valence-corrected chi connectivity index (χ2v) is 3.97. The molecule has 1 aliphatic rings. The van der Waals surface area contributed by atoms with Crippen LogP contribution in [0.1, 0.15) is 30.7 Å². The number of aliphatic hydroxyl groups excluding tert-OH is 1. The fraction of sp³-hybridized carbons (Fsp3) is 0.500. The van der Waals surface area contributed by atoms with E-state index >= 15 is 0 Å². The zero-order valence-corrected chi connectivity index (χ0v) is 7.82. The minimum atomic E-state index is 0.364. The van der Waals surface area contributed by atoms with Crippen LogP contribution in [0.15, 0.2) is 30.3 Å². The Morgan fingerprint density at radius 1 is 1.15 bits per heavy atom. The molecule has 0 aromatic heterocycles. The molecule has 13 heavy (non-hydrogen) atoms. The molecule has 0 radical (unpaired) electrons. The van der Waals surface area contributed by atoms with Gasteiger partial charge in [0.15, 0.2) is 0 Å². The number of benzene rings is 1. The Morgan fingerprint density at radius 2 is 1.92 bits per heavy atom. The molecule has 70 valence electrons. The van der Waals surface area contributed by atoms with Crippen molar-refractivity contribution in [2.45, 2.75) is 25.2 Å². The van der Waals surface area contributed by atoms with Crippen LogP contribution in [0.4, 0.5) is 0 Å². The number of hydrogen-bond donors (Lipinski definition) is 1. The van der Waals surface area contributed by atoms with Gasteiger partial charge in [-0.25, -0.2) is 0 Å². The molecule has 0 aliphatic heterocycles. The lowest BCUT2D eigenvalue weighted by Crippen LogP contribution is -2.00. The summed E-state index contributed by atoms with van der Waals surface area (Å²) >= 11 is 0. The van der Waals surface area contributed by atoms with Crippen LogP contribution in [-0.4, -0.2) is 11.7 Å². The first-order valence-electron chi connectivity index (χ1n) is 5.06. The van der Waals surface area contributed by atoms with Gasteiger partial charge in [-0.2, -0.15) is 0 Å². The summed E-state index contributed by atoms with van der Waals surface area (Å²) in [6.07, 6.45) is 3.60. The van der Waals surface area contributed by atoms with Crippen LogP contribution >= 0.6 is 0 Å². The van der Waals surface area contributed by atoms with E-state index in [0.717, 1.165) is 0 Å². The molecule has 2 atom stereocenters. The van der Waals surface area contributed by atoms with Crippen molar-refractivity contribution in [3.05, 3.63) is 35.9 Å².